The maximum absolute atomic E-state index is 10.8. The van der Waals surface area contributed by atoms with E-state index in [0.29, 0.717) is 12.8 Å². The number of hydrogen-bond acceptors (Lipinski definition) is 17. The van der Waals surface area contributed by atoms with Crippen LogP contribution in [0.1, 0.15) is 32.1 Å². The molecule has 10 N–H and O–H groups in total. The Balaban J connectivity index is 1.41. The van der Waals surface area contributed by atoms with Gasteiger partial charge in [-0.2, -0.15) is 0 Å². The lowest BCUT2D eigenvalue weighted by Crippen LogP contribution is -2.63. The summed E-state index contributed by atoms with van der Waals surface area (Å²) in [5.74, 6) is -0.828. The van der Waals surface area contributed by atoms with E-state index in [2.05, 4.69) is 0 Å². The van der Waals surface area contributed by atoms with Gasteiger partial charge in [-0.25, -0.2) is 0 Å². The molecule has 2 aliphatic carbocycles. The predicted octanol–water partition coefficient (Wildman–Crippen LogP) is -4.91. The van der Waals surface area contributed by atoms with Crippen LogP contribution in [-0.4, -0.2) is 189 Å². The van der Waals surface area contributed by atoms with Crippen LogP contribution in [0.5, 0.6) is 0 Å². The zero-order valence-corrected chi connectivity index (χ0v) is 25.8. The Morgan fingerprint density at radius 2 is 1.02 bits per heavy atom. The summed E-state index contributed by atoms with van der Waals surface area (Å²) >= 11 is 0. The fourth-order valence-electron chi connectivity index (χ4n) is 7.73. The first-order valence-corrected chi connectivity index (χ1v) is 15.9. The van der Waals surface area contributed by atoms with E-state index in [9.17, 15) is 51.1 Å². The summed E-state index contributed by atoms with van der Waals surface area (Å²) < 4.78 is 41.4. The second-order valence-corrected chi connectivity index (χ2v) is 13.2. The molecule has 17 heteroatoms. The Morgan fingerprint density at radius 1 is 0.522 bits per heavy atom. The topological polar surface area (TPSA) is 267 Å². The number of hydrogen-bond donors (Lipinski definition) is 10. The largest absolute Gasteiger partial charge is 0.394 e. The van der Waals surface area contributed by atoms with Crippen LogP contribution in [0.25, 0.3) is 0 Å². The average Bonchev–Trinajstić information content (AvgIpc) is 3.05. The van der Waals surface area contributed by atoms with Crippen molar-refractivity contribution in [1.29, 1.82) is 0 Å². The van der Waals surface area contributed by atoms with Gasteiger partial charge in [-0.1, -0.05) is 0 Å². The molecule has 3 heterocycles. The van der Waals surface area contributed by atoms with Crippen LogP contribution in [0, 0.1) is 11.8 Å². The van der Waals surface area contributed by atoms with Crippen molar-refractivity contribution >= 4 is 0 Å². The molecule has 0 bridgehead atoms. The smallest absolute Gasteiger partial charge is 0.187 e. The number of methoxy groups -OCH3 is 2. The SMILES string of the molecule is COC1CC(C2OC3CC(O)CC(O[C@H]4O[C@H](CO)[C@@H](O)[C@H](O)[C@H]4O)C3CC2O[C@H]2O[C@H](CO)[C@@H](O)[C@H](O)[C@H]2O)CC(OC)C1O. The number of fused-ring (bicyclic) bond motifs is 1. The van der Waals surface area contributed by atoms with Gasteiger partial charge >= 0.3 is 0 Å². The normalized spacial score (nSPS) is 53.5. The molecular weight excluding hydrogens is 620 g/mol. The van der Waals surface area contributed by atoms with E-state index in [-0.39, 0.29) is 25.2 Å². The van der Waals surface area contributed by atoms with E-state index in [1.165, 1.54) is 14.2 Å². The minimum Gasteiger partial charge on any atom is -0.394 e. The Morgan fingerprint density at radius 3 is 1.50 bits per heavy atom. The van der Waals surface area contributed by atoms with Gasteiger partial charge in [0.05, 0.1) is 55.9 Å². The number of aliphatic hydroxyl groups is 10. The molecule has 0 aromatic rings. The molecule has 8 unspecified atom stereocenters. The lowest BCUT2D eigenvalue weighted by molar-refractivity contribution is -0.345. The van der Waals surface area contributed by atoms with Crippen molar-refractivity contribution in [3.63, 3.8) is 0 Å². The maximum atomic E-state index is 10.8. The minimum absolute atomic E-state index is 0.0874. The van der Waals surface area contributed by atoms with Crippen LogP contribution in [0.15, 0.2) is 0 Å². The highest BCUT2D eigenvalue weighted by Crippen LogP contribution is 2.45. The average molecular weight is 671 g/mol. The first-order chi connectivity index (χ1) is 21.9. The van der Waals surface area contributed by atoms with Crippen molar-refractivity contribution in [1.82, 2.24) is 0 Å². The summed E-state index contributed by atoms with van der Waals surface area (Å²) in [6, 6.07) is 0. The molecule has 2 saturated carbocycles. The Bertz CT molecular complexity index is 945. The lowest BCUT2D eigenvalue weighted by Gasteiger charge is -2.53. The van der Waals surface area contributed by atoms with Gasteiger partial charge in [-0.15, -0.1) is 0 Å². The summed E-state index contributed by atoms with van der Waals surface area (Å²) in [5.41, 5.74) is 0. The highest BCUT2D eigenvalue weighted by molar-refractivity contribution is 5.01. The summed E-state index contributed by atoms with van der Waals surface area (Å²) in [6.07, 6.45) is -20.1. The predicted molar refractivity (Wildman–Crippen MR) is 150 cm³/mol. The van der Waals surface area contributed by atoms with E-state index < -0.39 is 129 Å². The zero-order chi connectivity index (χ0) is 33.4. The molecule has 0 aromatic heterocycles. The first kappa shape index (κ1) is 36.6. The van der Waals surface area contributed by atoms with Gasteiger partial charge in [0.2, 0.25) is 0 Å². The van der Waals surface area contributed by atoms with E-state index in [0.717, 1.165) is 0 Å². The molecule has 0 spiro atoms. The van der Waals surface area contributed by atoms with Gasteiger partial charge in [0.25, 0.3) is 0 Å². The van der Waals surface area contributed by atoms with Gasteiger partial charge < -0.3 is 84.2 Å². The molecule has 5 fully saturated rings. The number of ether oxygens (including phenoxy) is 7. The molecule has 46 heavy (non-hydrogen) atoms. The van der Waals surface area contributed by atoms with Gasteiger partial charge in [0.15, 0.2) is 12.6 Å². The van der Waals surface area contributed by atoms with Crippen molar-refractivity contribution in [2.24, 2.45) is 11.8 Å². The third-order valence-corrected chi connectivity index (χ3v) is 10.4. The van der Waals surface area contributed by atoms with Crippen LogP contribution in [0.2, 0.25) is 0 Å². The van der Waals surface area contributed by atoms with E-state index >= 15 is 0 Å². The van der Waals surface area contributed by atoms with Crippen molar-refractivity contribution < 1.29 is 84.2 Å². The molecule has 18 atom stereocenters. The third-order valence-electron chi connectivity index (χ3n) is 10.4. The molecular formula is C29H50O17. The Labute approximate surface area is 266 Å². The van der Waals surface area contributed by atoms with E-state index in [1.54, 1.807) is 0 Å². The van der Waals surface area contributed by atoms with Crippen molar-refractivity contribution in [3.8, 4) is 0 Å². The molecule has 5 rings (SSSR count). The molecule has 268 valence electrons. The molecule has 0 radical (unpaired) electrons. The summed E-state index contributed by atoms with van der Waals surface area (Å²) in [6.45, 7) is -1.30. The molecule has 5 aliphatic rings. The lowest BCUT2D eigenvalue weighted by atomic mass is 9.72. The quantitative estimate of drug-likeness (QED) is 0.110. The molecule has 17 nitrogen and oxygen atoms in total. The molecule has 0 aromatic carbocycles. The molecule has 3 saturated heterocycles. The summed E-state index contributed by atoms with van der Waals surface area (Å²) in [5, 5.41) is 104. The second-order valence-electron chi connectivity index (χ2n) is 13.2. The van der Waals surface area contributed by atoms with Crippen LogP contribution < -0.4 is 0 Å². The minimum atomic E-state index is -1.68. The summed E-state index contributed by atoms with van der Waals surface area (Å²) in [4.78, 5) is 0. The van der Waals surface area contributed by atoms with Crippen molar-refractivity contribution in [2.75, 3.05) is 27.4 Å². The van der Waals surface area contributed by atoms with Crippen LogP contribution in [0.3, 0.4) is 0 Å². The van der Waals surface area contributed by atoms with E-state index in [1.807, 2.05) is 0 Å². The second kappa shape index (κ2) is 15.5. The van der Waals surface area contributed by atoms with Crippen molar-refractivity contribution in [2.45, 2.75) is 142 Å². The highest BCUT2D eigenvalue weighted by atomic mass is 16.7. The van der Waals surface area contributed by atoms with E-state index in [4.69, 9.17) is 33.2 Å². The highest BCUT2D eigenvalue weighted by Gasteiger charge is 2.54. The Kier molecular flexibility index (Phi) is 12.3. The van der Waals surface area contributed by atoms with Gasteiger partial charge in [-0.05, 0) is 31.6 Å². The molecule has 0 amide bonds. The number of aliphatic hydroxyl groups excluding tert-OH is 10. The third kappa shape index (κ3) is 7.27. The van der Waals surface area contributed by atoms with Gasteiger partial charge in [0, 0.05) is 26.6 Å². The van der Waals surface area contributed by atoms with Gasteiger partial charge in [0.1, 0.15) is 54.9 Å². The monoisotopic (exact) mass is 670 g/mol. The maximum Gasteiger partial charge on any atom is 0.187 e. The number of rotatable bonds is 9. The standard InChI is InChI=1S/C29H50O17/c1-40-15-3-10(4-16(41-2)20(15)33)27-17(44-29-26(39)24(37)22(35)19(9-31)46-29)7-12-13(42-27)5-11(32)6-14(12)43-28-25(38)23(36)21(34)18(8-30)45-28/h10-39H,3-9H2,1-2H3/t10?,11?,12?,13?,14?,15?,16?,17?,18-,19-,20?,21-,22-,23+,24+,25-,26-,27?,28+,29+/m1/s1. The van der Waals surface area contributed by atoms with Crippen molar-refractivity contribution in [3.05, 3.63) is 0 Å². The molecule has 3 aliphatic heterocycles. The van der Waals surface area contributed by atoms with Crippen LogP contribution in [0.4, 0.5) is 0 Å². The van der Waals surface area contributed by atoms with Gasteiger partial charge in [-0.3, -0.25) is 0 Å². The Hall–Kier alpha value is -0.680. The van der Waals surface area contributed by atoms with Crippen LogP contribution >= 0.6 is 0 Å². The van der Waals surface area contributed by atoms with Crippen LogP contribution in [-0.2, 0) is 33.2 Å². The zero-order valence-electron chi connectivity index (χ0n) is 25.8. The summed E-state index contributed by atoms with van der Waals surface area (Å²) in [7, 11) is 2.95. The fraction of sp³-hybridized carbons (Fsp3) is 1.00. The fourth-order valence-corrected chi connectivity index (χ4v) is 7.73. The first-order valence-electron chi connectivity index (χ1n) is 15.9.